The Morgan fingerprint density at radius 3 is 2.62 bits per heavy atom. The number of rotatable bonds is 3. The Labute approximate surface area is 157 Å². The van der Waals surface area contributed by atoms with E-state index in [-0.39, 0.29) is 0 Å². The summed E-state index contributed by atoms with van der Waals surface area (Å²) in [6.07, 6.45) is 3.73. The van der Waals surface area contributed by atoms with Gasteiger partial charge in [-0.3, -0.25) is 9.98 Å². The van der Waals surface area contributed by atoms with Gasteiger partial charge in [-0.1, -0.05) is 17.7 Å². The highest BCUT2D eigenvalue weighted by atomic mass is 35.5. The monoisotopic (exact) mass is 359 g/mol. The molecule has 0 aliphatic heterocycles. The fourth-order valence-corrected chi connectivity index (χ4v) is 3.37. The molecule has 0 amide bonds. The molecule has 26 heavy (non-hydrogen) atoms. The molecule has 3 nitrogen and oxygen atoms in total. The van der Waals surface area contributed by atoms with Crippen LogP contribution < -0.4 is 0 Å². The van der Waals surface area contributed by atoms with Crippen LogP contribution in [0.25, 0.3) is 16.6 Å². The minimum Gasteiger partial charge on any atom is -0.318 e. The van der Waals surface area contributed by atoms with Crippen molar-refractivity contribution in [3.05, 3.63) is 88.8 Å². The second-order valence-electron chi connectivity index (χ2n) is 6.24. The molecular formula is C22H18ClN3. The van der Waals surface area contributed by atoms with E-state index in [1.807, 2.05) is 60.8 Å². The molecular weight excluding hydrogens is 342 g/mol. The van der Waals surface area contributed by atoms with Crippen LogP contribution in [0.4, 0.5) is 5.69 Å². The molecule has 0 spiro atoms. The second-order valence-corrected chi connectivity index (χ2v) is 6.68. The minimum atomic E-state index is 0.738. The Bertz CT molecular complexity index is 1100. The van der Waals surface area contributed by atoms with E-state index in [4.69, 9.17) is 16.6 Å². The molecule has 4 heteroatoms. The van der Waals surface area contributed by atoms with Gasteiger partial charge in [-0.05, 0) is 68.4 Å². The van der Waals surface area contributed by atoms with E-state index in [2.05, 4.69) is 29.5 Å². The van der Waals surface area contributed by atoms with Gasteiger partial charge >= 0.3 is 0 Å². The fourth-order valence-electron chi connectivity index (χ4n) is 3.24. The molecule has 128 valence electrons. The first-order valence-corrected chi connectivity index (χ1v) is 8.84. The van der Waals surface area contributed by atoms with E-state index < -0.39 is 0 Å². The fraction of sp³-hybridized carbons (Fsp3) is 0.0909. The highest BCUT2D eigenvalue weighted by Gasteiger charge is 2.09. The lowest BCUT2D eigenvalue weighted by Crippen LogP contribution is -1.99. The van der Waals surface area contributed by atoms with Gasteiger partial charge in [0.25, 0.3) is 0 Å². The molecule has 4 aromatic rings. The van der Waals surface area contributed by atoms with E-state index in [0.29, 0.717) is 0 Å². The normalized spacial score (nSPS) is 11.5. The Hall–Kier alpha value is -2.91. The van der Waals surface area contributed by atoms with E-state index in [9.17, 15) is 0 Å². The molecule has 0 saturated heterocycles. The molecule has 2 aromatic carbocycles. The second kappa shape index (κ2) is 6.77. The lowest BCUT2D eigenvalue weighted by molar-refractivity contribution is 0.965. The molecule has 0 atom stereocenters. The first-order chi connectivity index (χ1) is 12.6. The average Bonchev–Trinajstić information content (AvgIpc) is 2.94. The molecule has 0 saturated carbocycles. The summed E-state index contributed by atoms with van der Waals surface area (Å²) in [4.78, 5) is 9.12. The molecule has 0 N–H and O–H groups in total. The molecule has 4 rings (SSSR count). The predicted octanol–water partition coefficient (Wildman–Crippen LogP) is 6.05. The number of pyridine rings is 1. The van der Waals surface area contributed by atoms with Crippen LogP contribution in [0.5, 0.6) is 0 Å². The van der Waals surface area contributed by atoms with Gasteiger partial charge < -0.3 is 4.57 Å². The Morgan fingerprint density at radius 2 is 1.81 bits per heavy atom. The van der Waals surface area contributed by atoms with Crippen LogP contribution in [0.1, 0.15) is 17.0 Å². The zero-order valence-electron chi connectivity index (χ0n) is 14.6. The number of hydrogen-bond donors (Lipinski definition) is 0. The summed E-state index contributed by atoms with van der Waals surface area (Å²) in [7, 11) is 0. The third-order valence-electron chi connectivity index (χ3n) is 4.52. The molecule has 0 aliphatic rings. The first kappa shape index (κ1) is 16.6. The van der Waals surface area contributed by atoms with Crippen molar-refractivity contribution in [1.82, 2.24) is 9.55 Å². The van der Waals surface area contributed by atoms with Gasteiger partial charge in [0.15, 0.2) is 0 Å². The van der Waals surface area contributed by atoms with Crippen LogP contribution in [-0.4, -0.2) is 15.8 Å². The number of hydrogen-bond acceptors (Lipinski definition) is 2. The standard InChI is InChI=1S/C22H18ClN3/c1-15-13-17(16(2)26(15)19-10-8-18(23)9-11-19)14-25-22-7-3-6-21-20(22)5-4-12-24-21/h3-14H,1-2H3. The average molecular weight is 360 g/mol. The summed E-state index contributed by atoms with van der Waals surface area (Å²) in [5.41, 5.74) is 6.37. The first-order valence-electron chi connectivity index (χ1n) is 8.46. The number of aromatic nitrogens is 2. The Morgan fingerprint density at radius 1 is 1.00 bits per heavy atom. The maximum absolute atomic E-state index is 6.01. The van der Waals surface area contributed by atoms with Gasteiger partial charge in [0.05, 0.1) is 11.2 Å². The van der Waals surface area contributed by atoms with Crippen molar-refractivity contribution in [3.8, 4) is 5.69 Å². The lowest BCUT2D eigenvalue weighted by atomic mass is 10.2. The summed E-state index contributed by atoms with van der Waals surface area (Å²) >= 11 is 6.01. The molecule has 0 aliphatic carbocycles. The van der Waals surface area contributed by atoms with Crippen molar-refractivity contribution in [2.24, 2.45) is 4.99 Å². The zero-order chi connectivity index (χ0) is 18.1. The molecule has 2 aromatic heterocycles. The number of fused-ring (bicyclic) bond motifs is 1. The Balaban J connectivity index is 1.74. The maximum atomic E-state index is 6.01. The van der Waals surface area contributed by atoms with Crippen molar-refractivity contribution in [2.75, 3.05) is 0 Å². The number of benzene rings is 2. The number of nitrogens with zero attached hydrogens (tertiary/aromatic N) is 3. The third kappa shape index (κ3) is 3.02. The van der Waals surface area contributed by atoms with Crippen molar-refractivity contribution >= 4 is 34.4 Å². The maximum Gasteiger partial charge on any atom is 0.0723 e. The van der Waals surface area contributed by atoms with E-state index in [1.54, 1.807) is 6.20 Å². The molecule has 0 bridgehead atoms. The van der Waals surface area contributed by atoms with E-state index >= 15 is 0 Å². The van der Waals surface area contributed by atoms with Crippen molar-refractivity contribution in [1.29, 1.82) is 0 Å². The lowest BCUT2D eigenvalue weighted by Gasteiger charge is -2.09. The van der Waals surface area contributed by atoms with Crippen molar-refractivity contribution < 1.29 is 0 Å². The van der Waals surface area contributed by atoms with Gasteiger partial charge in [-0.15, -0.1) is 0 Å². The highest BCUT2D eigenvalue weighted by molar-refractivity contribution is 6.30. The Kier molecular flexibility index (Phi) is 4.31. The van der Waals surface area contributed by atoms with Gasteiger partial charge in [0.2, 0.25) is 0 Å². The largest absolute Gasteiger partial charge is 0.318 e. The third-order valence-corrected chi connectivity index (χ3v) is 4.77. The van der Waals surface area contributed by atoms with Gasteiger partial charge in [0, 0.05) is 45.5 Å². The van der Waals surface area contributed by atoms with Crippen LogP contribution >= 0.6 is 11.6 Å². The summed E-state index contributed by atoms with van der Waals surface area (Å²) < 4.78 is 2.21. The minimum absolute atomic E-state index is 0.738. The molecule has 0 unspecified atom stereocenters. The van der Waals surface area contributed by atoms with Gasteiger partial charge in [-0.25, -0.2) is 0 Å². The predicted molar refractivity (Wildman–Crippen MR) is 109 cm³/mol. The van der Waals surface area contributed by atoms with Gasteiger partial charge in [-0.2, -0.15) is 0 Å². The number of aryl methyl sites for hydroxylation is 1. The SMILES string of the molecule is Cc1cc(C=Nc2cccc3ncccc23)c(C)n1-c1ccc(Cl)cc1. The summed E-state index contributed by atoms with van der Waals surface area (Å²) in [5.74, 6) is 0. The van der Waals surface area contributed by atoms with Crippen LogP contribution in [0, 0.1) is 13.8 Å². The summed E-state index contributed by atoms with van der Waals surface area (Å²) in [6, 6.07) is 20.0. The molecule has 0 fully saturated rings. The van der Waals surface area contributed by atoms with Crippen molar-refractivity contribution in [2.45, 2.75) is 13.8 Å². The van der Waals surface area contributed by atoms with Crippen LogP contribution in [0.15, 0.2) is 71.9 Å². The summed E-state index contributed by atoms with van der Waals surface area (Å²) in [5, 5.41) is 1.79. The van der Waals surface area contributed by atoms with Crippen LogP contribution in [0.3, 0.4) is 0 Å². The molecule has 0 radical (unpaired) electrons. The van der Waals surface area contributed by atoms with E-state index in [1.165, 1.54) is 0 Å². The van der Waals surface area contributed by atoms with E-state index in [0.717, 1.165) is 44.3 Å². The number of aliphatic imine (C=N–C) groups is 1. The summed E-state index contributed by atoms with van der Waals surface area (Å²) in [6.45, 7) is 4.20. The van der Waals surface area contributed by atoms with Crippen LogP contribution in [0.2, 0.25) is 5.02 Å². The quantitative estimate of drug-likeness (QED) is 0.410. The van der Waals surface area contributed by atoms with Crippen LogP contribution in [-0.2, 0) is 0 Å². The van der Waals surface area contributed by atoms with Gasteiger partial charge in [0.1, 0.15) is 0 Å². The zero-order valence-corrected chi connectivity index (χ0v) is 15.4. The molecule has 2 heterocycles. The smallest absolute Gasteiger partial charge is 0.0723 e. The topological polar surface area (TPSA) is 30.2 Å². The van der Waals surface area contributed by atoms with Crippen molar-refractivity contribution in [3.63, 3.8) is 0 Å². The number of halogens is 1. The highest BCUT2D eigenvalue weighted by Crippen LogP contribution is 2.25.